The molecule has 0 aromatic heterocycles. The summed E-state index contributed by atoms with van der Waals surface area (Å²) in [7, 11) is 0. The smallest absolute Gasteiger partial charge is 0.256 e. The van der Waals surface area contributed by atoms with Crippen LogP contribution in [-0.2, 0) is 14.3 Å². The summed E-state index contributed by atoms with van der Waals surface area (Å²) in [6.07, 6.45) is -0.540. The Balaban J connectivity index is 1.62. The molecule has 4 rings (SSSR count). The van der Waals surface area contributed by atoms with Crippen molar-refractivity contribution in [1.82, 2.24) is 5.32 Å². The molecule has 0 spiro atoms. The van der Waals surface area contributed by atoms with Crippen LogP contribution >= 0.6 is 0 Å². The summed E-state index contributed by atoms with van der Waals surface area (Å²) in [6.45, 7) is 0.402. The number of imide groups is 1. The third-order valence-electron chi connectivity index (χ3n) is 4.35. The second-order valence-corrected chi connectivity index (χ2v) is 5.67. The fourth-order valence-corrected chi connectivity index (χ4v) is 3.32. The Hall–Kier alpha value is -2.46. The molecule has 1 saturated heterocycles. The van der Waals surface area contributed by atoms with E-state index in [2.05, 4.69) is 29.6 Å². The van der Waals surface area contributed by atoms with Crippen LogP contribution in [0, 0.1) is 0 Å². The standard InChI is InChI=1S/C18H15NO3/c20-17-9-16(18(21)19-17)22-10-15-13-7-3-1-5-11(13)12-6-2-4-8-14(12)15/h1-8,15-16H,9-10H2,(H,19,20,21). The maximum Gasteiger partial charge on any atom is 0.256 e. The van der Waals surface area contributed by atoms with Gasteiger partial charge in [0.2, 0.25) is 5.91 Å². The van der Waals surface area contributed by atoms with Crippen molar-refractivity contribution in [2.45, 2.75) is 18.4 Å². The molecule has 4 heteroatoms. The molecular weight excluding hydrogens is 278 g/mol. The third kappa shape index (κ3) is 2.04. The molecule has 110 valence electrons. The molecule has 1 unspecified atom stereocenters. The number of benzene rings is 2. The Labute approximate surface area is 128 Å². The Bertz CT molecular complexity index is 723. The van der Waals surface area contributed by atoms with Gasteiger partial charge in [-0.05, 0) is 22.3 Å². The zero-order chi connectivity index (χ0) is 15.1. The minimum absolute atomic E-state index is 0.107. The fourth-order valence-electron chi connectivity index (χ4n) is 3.32. The summed E-state index contributed by atoms with van der Waals surface area (Å²) in [5.74, 6) is -0.484. The van der Waals surface area contributed by atoms with E-state index in [9.17, 15) is 9.59 Å². The van der Waals surface area contributed by atoms with Gasteiger partial charge in [0.1, 0.15) is 6.10 Å². The average Bonchev–Trinajstić information content (AvgIpc) is 3.02. The average molecular weight is 293 g/mol. The van der Waals surface area contributed by atoms with E-state index in [1.165, 1.54) is 22.3 Å². The number of amides is 2. The van der Waals surface area contributed by atoms with Crippen LogP contribution in [0.15, 0.2) is 48.5 Å². The summed E-state index contributed by atoms with van der Waals surface area (Å²) in [4.78, 5) is 22.9. The summed E-state index contributed by atoms with van der Waals surface area (Å²) in [5, 5.41) is 2.28. The first-order chi connectivity index (χ1) is 10.7. The number of carbonyl (C=O) groups excluding carboxylic acids is 2. The summed E-state index contributed by atoms with van der Waals surface area (Å²) in [6, 6.07) is 16.5. The summed E-state index contributed by atoms with van der Waals surface area (Å²) >= 11 is 0. The maximum absolute atomic E-state index is 11.6. The zero-order valence-corrected chi connectivity index (χ0v) is 11.9. The van der Waals surface area contributed by atoms with Crippen molar-refractivity contribution in [2.75, 3.05) is 6.61 Å². The van der Waals surface area contributed by atoms with Gasteiger partial charge in [0.05, 0.1) is 13.0 Å². The van der Waals surface area contributed by atoms with E-state index in [4.69, 9.17) is 4.74 Å². The quantitative estimate of drug-likeness (QED) is 0.883. The van der Waals surface area contributed by atoms with Crippen molar-refractivity contribution in [3.63, 3.8) is 0 Å². The minimum Gasteiger partial charge on any atom is -0.367 e. The molecule has 2 aliphatic rings. The van der Waals surface area contributed by atoms with Crippen molar-refractivity contribution in [1.29, 1.82) is 0 Å². The lowest BCUT2D eigenvalue weighted by molar-refractivity contribution is -0.129. The largest absolute Gasteiger partial charge is 0.367 e. The predicted octanol–water partition coefficient (Wildman–Crippen LogP) is 2.23. The van der Waals surface area contributed by atoms with Gasteiger partial charge in [0, 0.05) is 5.92 Å². The normalized spacial score (nSPS) is 19.9. The van der Waals surface area contributed by atoms with E-state index in [0.29, 0.717) is 6.61 Å². The van der Waals surface area contributed by atoms with Crippen molar-refractivity contribution in [2.24, 2.45) is 0 Å². The van der Waals surface area contributed by atoms with E-state index < -0.39 is 6.10 Å². The SMILES string of the molecule is O=C1CC(OCC2c3ccccc3-c3ccccc32)C(=O)N1. The molecule has 4 nitrogen and oxygen atoms in total. The maximum atomic E-state index is 11.6. The molecule has 2 amide bonds. The number of ether oxygens (including phenoxy) is 1. The highest BCUT2D eigenvalue weighted by atomic mass is 16.5. The van der Waals surface area contributed by atoms with E-state index in [1.807, 2.05) is 24.3 Å². The third-order valence-corrected chi connectivity index (χ3v) is 4.35. The number of fused-ring (bicyclic) bond motifs is 3. The van der Waals surface area contributed by atoms with E-state index in [-0.39, 0.29) is 24.2 Å². The number of hydrogen-bond acceptors (Lipinski definition) is 3. The van der Waals surface area contributed by atoms with Crippen LogP contribution < -0.4 is 5.32 Å². The Morgan fingerprint density at radius 1 is 0.955 bits per heavy atom. The van der Waals surface area contributed by atoms with Gasteiger partial charge in [0.25, 0.3) is 5.91 Å². The van der Waals surface area contributed by atoms with Gasteiger partial charge < -0.3 is 4.74 Å². The molecule has 2 aromatic carbocycles. The molecule has 0 bridgehead atoms. The first kappa shape index (κ1) is 13.2. The molecule has 1 heterocycles. The summed E-state index contributed by atoms with van der Waals surface area (Å²) in [5.41, 5.74) is 4.87. The minimum atomic E-state index is -0.660. The molecule has 0 saturated carbocycles. The van der Waals surface area contributed by atoms with Gasteiger partial charge >= 0.3 is 0 Å². The lowest BCUT2D eigenvalue weighted by Gasteiger charge is -2.16. The number of nitrogens with one attached hydrogen (secondary N) is 1. The van der Waals surface area contributed by atoms with Gasteiger partial charge in [-0.25, -0.2) is 0 Å². The van der Waals surface area contributed by atoms with Gasteiger partial charge in [0.15, 0.2) is 0 Å². The van der Waals surface area contributed by atoms with Crippen LogP contribution in [-0.4, -0.2) is 24.5 Å². The van der Waals surface area contributed by atoms with Crippen LogP contribution in [0.5, 0.6) is 0 Å². The topological polar surface area (TPSA) is 55.4 Å². The molecule has 2 aromatic rings. The van der Waals surface area contributed by atoms with E-state index >= 15 is 0 Å². The second-order valence-electron chi connectivity index (χ2n) is 5.67. The predicted molar refractivity (Wildman–Crippen MR) is 81.2 cm³/mol. The van der Waals surface area contributed by atoms with Gasteiger partial charge in [-0.1, -0.05) is 48.5 Å². The molecular formula is C18H15NO3. The highest BCUT2D eigenvalue weighted by Gasteiger charge is 2.34. The van der Waals surface area contributed by atoms with Gasteiger partial charge in [-0.2, -0.15) is 0 Å². The second kappa shape index (κ2) is 5.07. The van der Waals surface area contributed by atoms with Crippen LogP contribution in [0.1, 0.15) is 23.5 Å². The number of hydrogen-bond donors (Lipinski definition) is 1. The van der Waals surface area contributed by atoms with E-state index in [0.717, 1.165) is 0 Å². The highest BCUT2D eigenvalue weighted by Crippen LogP contribution is 2.44. The van der Waals surface area contributed by atoms with Crippen molar-refractivity contribution < 1.29 is 14.3 Å². The van der Waals surface area contributed by atoms with Crippen molar-refractivity contribution in [3.8, 4) is 11.1 Å². The Morgan fingerprint density at radius 2 is 1.55 bits per heavy atom. The van der Waals surface area contributed by atoms with Crippen LogP contribution in [0.2, 0.25) is 0 Å². The van der Waals surface area contributed by atoms with Crippen LogP contribution in [0.25, 0.3) is 11.1 Å². The van der Waals surface area contributed by atoms with Crippen molar-refractivity contribution >= 4 is 11.8 Å². The molecule has 1 N–H and O–H groups in total. The first-order valence-electron chi connectivity index (χ1n) is 7.37. The lowest BCUT2D eigenvalue weighted by atomic mass is 9.98. The molecule has 0 radical (unpaired) electrons. The van der Waals surface area contributed by atoms with Gasteiger partial charge in [-0.3, -0.25) is 14.9 Å². The molecule has 1 aliphatic carbocycles. The zero-order valence-electron chi connectivity index (χ0n) is 11.9. The highest BCUT2D eigenvalue weighted by molar-refractivity contribution is 6.04. The first-order valence-corrected chi connectivity index (χ1v) is 7.37. The Kier molecular flexibility index (Phi) is 3.05. The van der Waals surface area contributed by atoms with E-state index in [1.54, 1.807) is 0 Å². The molecule has 22 heavy (non-hydrogen) atoms. The summed E-state index contributed by atoms with van der Waals surface area (Å²) < 4.78 is 5.75. The monoisotopic (exact) mass is 293 g/mol. The van der Waals surface area contributed by atoms with Crippen LogP contribution in [0.4, 0.5) is 0 Å². The number of rotatable bonds is 3. The van der Waals surface area contributed by atoms with Crippen LogP contribution in [0.3, 0.4) is 0 Å². The molecule has 1 aliphatic heterocycles. The fraction of sp³-hybridized carbons (Fsp3) is 0.222. The Morgan fingerprint density at radius 3 is 2.09 bits per heavy atom. The van der Waals surface area contributed by atoms with Gasteiger partial charge in [-0.15, -0.1) is 0 Å². The van der Waals surface area contributed by atoms with Crippen molar-refractivity contribution in [3.05, 3.63) is 59.7 Å². The molecule has 1 fully saturated rings. The number of carbonyl (C=O) groups is 2. The lowest BCUT2D eigenvalue weighted by Crippen LogP contribution is -2.27. The molecule has 1 atom stereocenters.